The van der Waals surface area contributed by atoms with Crippen LogP contribution in [0.1, 0.15) is 27.3 Å². The average molecular weight is 361 g/mol. The zero-order valence-corrected chi connectivity index (χ0v) is 15.7. The summed E-state index contributed by atoms with van der Waals surface area (Å²) in [4.78, 5) is 30.5. The molecule has 2 aromatic heterocycles. The topological polar surface area (TPSA) is 62.2 Å². The SMILES string of the molecule is Cc1nc2ccc(C(=O)N3CCN(Cc4cccnc4)CC3)cc2nc1C. The molecule has 0 spiro atoms. The van der Waals surface area contributed by atoms with Crippen LogP contribution in [0.15, 0.2) is 42.7 Å². The molecule has 0 saturated carbocycles. The van der Waals surface area contributed by atoms with Crippen LogP contribution in [0, 0.1) is 13.8 Å². The molecule has 0 atom stereocenters. The number of carbonyl (C=O) groups is 1. The van der Waals surface area contributed by atoms with E-state index < -0.39 is 0 Å². The molecule has 0 aliphatic carbocycles. The van der Waals surface area contributed by atoms with Gasteiger partial charge in [0.25, 0.3) is 5.91 Å². The quantitative estimate of drug-likeness (QED) is 0.718. The highest BCUT2D eigenvalue weighted by atomic mass is 16.2. The fraction of sp³-hybridized carbons (Fsp3) is 0.333. The fourth-order valence-corrected chi connectivity index (χ4v) is 3.41. The maximum Gasteiger partial charge on any atom is 0.254 e. The molecule has 1 aliphatic rings. The van der Waals surface area contributed by atoms with Gasteiger partial charge in [-0.05, 0) is 43.7 Å². The third-order valence-corrected chi connectivity index (χ3v) is 5.11. The molecule has 1 amide bonds. The molecular formula is C21H23N5O. The normalized spacial score (nSPS) is 15.3. The first-order valence-electron chi connectivity index (χ1n) is 9.26. The summed E-state index contributed by atoms with van der Waals surface area (Å²) >= 11 is 0. The summed E-state index contributed by atoms with van der Waals surface area (Å²) in [7, 11) is 0. The molecular weight excluding hydrogens is 338 g/mol. The number of aromatic nitrogens is 3. The summed E-state index contributed by atoms with van der Waals surface area (Å²) in [6, 6.07) is 9.65. The first-order valence-corrected chi connectivity index (χ1v) is 9.26. The Hall–Kier alpha value is -2.86. The lowest BCUT2D eigenvalue weighted by Crippen LogP contribution is -2.48. The number of aryl methyl sites for hydroxylation is 2. The van der Waals surface area contributed by atoms with Crippen LogP contribution in [0.4, 0.5) is 0 Å². The fourth-order valence-electron chi connectivity index (χ4n) is 3.41. The molecule has 1 saturated heterocycles. The van der Waals surface area contributed by atoms with Crippen molar-refractivity contribution in [3.8, 4) is 0 Å². The number of benzene rings is 1. The lowest BCUT2D eigenvalue weighted by atomic mass is 10.1. The van der Waals surface area contributed by atoms with Crippen LogP contribution in [0.25, 0.3) is 11.0 Å². The Morgan fingerprint density at radius 3 is 2.44 bits per heavy atom. The van der Waals surface area contributed by atoms with Gasteiger partial charge in [-0.25, -0.2) is 9.97 Å². The van der Waals surface area contributed by atoms with Gasteiger partial charge in [0.05, 0.1) is 22.4 Å². The second kappa shape index (κ2) is 7.40. The van der Waals surface area contributed by atoms with Crippen LogP contribution in [-0.4, -0.2) is 56.8 Å². The predicted molar refractivity (Wildman–Crippen MR) is 104 cm³/mol. The van der Waals surface area contributed by atoms with E-state index in [1.165, 1.54) is 5.56 Å². The van der Waals surface area contributed by atoms with Gasteiger partial charge in [-0.15, -0.1) is 0 Å². The minimum absolute atomic E-state index is 0.0676. The summed E-state index contributed by atoms with van der Waals surface area (Å²) in [6.07, 6.45) is 3.69. The molecule has 27 heavy (non-hydrogen) atoms. The van der Waals surface area contributed by atoms with Crippen molar-refractivity contribution >= 4 is 16.9 Å². The number of carbonyl (C=O) groups excluding carboxylic acids is 1. The minimum Gasteiger partial charge on any atom is -0.336 e. The van der Waals surface area contributed by atoms with Crippen molar-refractivity contribution in [2.75, 3.05) is 26.2 Å². The molecule has 3 aromatic rings. The van der Waals surface area contributed by atoms with Crippen molar-refractivity contribution < 1.29 is 4.79 Å². The summed E-state index contributed by atoms with van der Waals surface area (Å²) in [5.41, 5.74) is 5.31. The highest BCUT2D eigenvalue weighted by molar-refractivity contribution is 5.97. The number of nitrogens with zero attached hydrogens (tertiary/aromatic N) is 5. The second-order valence-electron chi connectivity index (χ2n) is 7.03. The van der Waals surface area contributed by atoms with Gasteiger partial charge in [0.1, 0.15) is 0 Å². The second-order valence-corrected chi connectivity index (χ2v) is 7.03. The van der Waals surface area contributed by atoms with E-state index in [4.69, 9.17) is 0 Å². The number of amides is 1. The first-order chi connectivity index (χ1) is 13.1. The largest absolute Gasteiger partial charge is 0.336 e. The highest BCUT2D eigenvalue weighted by Gasteiger charge is 2.22. The van der Waals surface area contributed by atoms with E-state index in [0.717, 1.165) is 55.1 Å². The predicted octanol–water partition coefficient (Wildman–Crippen LogP) is 2.60. The molecule has 0 bridgehead atoms. The Kier molecular flexibility index (Phi) is 4.81. The molecule has 3 heterocycles. The molecule has 138 valence electrons. The van der Waals surface area contributed by atoms with Crippen LogP contribution in [0.3, 0.4) is 0 Å². The van der Waals surface area contributed by atoms with Crippen LogP contribution in [0.2, 0.25) is 0 Å². The number of hydrogen-bond donors (Lipinski definition) is 0. The van der Waals surface area contributed by atoms with E-state index in [2.05, 4.69) is 25.9 Å². The van der Waals surface area contributed by atoms with Crippen molar-refractivity contribution in [1.29, 1.82) is 0 Å². The maximum atomic E-state index is 12.9. The zero-order chi connectivity index (χ0) is 18.8. The number of hydrogen-bond acceptors (Lipinski definition) is 5. The molecule has 1 aliphatic heterocycles. The van der Waals surface area contributed by atoms with Crippen LogP contribution < -0.4 is 0 Å². The smallest absolute Gasteiger partial charge is 0.254 e. The Morgan fingerprint density at radius 1 is 1.00 bits per heavy atom. The molecule has 1 fully saturated rings. The molecule has 0 N–H and O–H groups in total. The molecule has 0 unspecified atom stereocenters. The summed E-state index contributed by atoms with van der Waals surface area (Å²) in [5.74, 6) is 0.0676. The van der Waals surface area contributed by atoms with Crippen molar-refractivity contribution in [3.63, 3.8) is 0 Å². The van der Waals surface area contributed by atoms with E-state index >= 15 is 0 Å². The van der Waals surface area contributed by atoms with Gasteiger partial charge in [-0.1, -0.05) is 6.07 Å². The zero-order valence-electron chi connectivity index (χ0n) is 15.7. The van der Waals surface area contributed by atoms with Crippen molar-refractivity contribution in [1.82, 2.24) is 24.8 Å². The first kappa shape index (κ1) is 17.5. The van der Waals surface area contributed by atoms with Gasteiger partial charge < -0.3 is 4.90 Å². The number of fused-ring (bicyclic) bond motifs is 1. The van der Waals surface area contributed by atoms with Crippen LogP contribution in [0.5, 0.6) is 0 Å². The maximum absolute atomic E-state index is 12.9. The van der Waals surface area contributed by atoms with E-state index in [-0.39, 0.29) is 5.91 Å². The van der Waals surface area contributed by atoms with Crippen molar-refractivity contribution in [2.24, 2.45) is 0 Å². The molecule has 1 aromatic carbocycles. The lowest BCUT2D eigenvalue weighted by molar-refractivity contribution is 0.0628. The third-order valence-electron chi connectivity index (χ3n) is 5.11. The number of pyridine rings is 1. The molecule has 0 radical (unpaired) electrons. The Morgan fingerprint density at radius 2 is 1.74 bits per heavy atom. The third kappa shape index (κ3) is 3.80. The highest BCUT2D eigenvalue weighted by Crippen LogP contribution is 2.17. The average Bonchev–Trinajstić information content (AvgIpc) is 2.69. The summed E-state index contributed by atoms with van der Waals surface area (Å²) in [5, 5.41) is 0. The van der Waals surface area contributed by atoms with E-state index in [1.54, 1.807) is 6.20 Å². The Bertz CT molecular complexity index is 965. The van der Waals surface area contributed by atoms with E-state index in [0.29, 0.717) is 5.56 Å². The van der Waals surface area contributed by atoms with Gasteiger partial charge in [0.2, 0.25) is 0 Å². The van der Waals surface area contributed by atoms with Gasteiger partial charge >= 0.3 is 0 Å². The van der Waals surface area contributed by atoms with E-state index in [9.17, 15) is 4.79 Å². The van der Waals surface area contributed by atoms with Crippen LogP contribution >= 0.6 is 0 Å². The van der Waals surface area contributed by atoms with Gasteiger partial charge in [-0.3, -0.25) is 14.7 Å². The lowest BCUT2D eigenvalue weighted by Gasteiger charge is -2.34. The molecule has 6 nitrogen and oxygen atoms in total. The molecule has 4 rings (SSSR count). The standard InChI is InChI=1S/C21H23N5O/c1-15-16(2)24-20-12-18(5-6-19(20)23-15)21(27)26-10-8-25(9-11-26)14-17-4-3-7-22-13-17/h3-7,12-13H,8-11,14H2,1-2H3. The van der Waals surface area contributed by atoms with Crippen LogP contribution in [-0.2, 0) is 6.54 Å². The van der Waals surface area contributed by atoms with Crippen molar-refractivity contribution in [3.05, 3.63) is 65.2 Å². The minimum atomic E-state index is 0.0676. The number of rotatable bonds is 3. The number of piperazine rings is 1. The summed E-state index contributed by atoms with van der Waals surface area (Å²) in [6.45, 7) is 7.97. The van der Waals surface area contributed by atoms with E-state index in [1.807, 2.05) is 49.2 Å². The van der Waals surface area contributed by atoms with Gasteiger partial charge in [0, 0.05) is 50.7 Å². The van der Waals surface area contributed by atoms with Gasteiger partial charge in [-0.2, -0.15) is 0 Å². The summed E-state index contributed by atoms with van der Waals surface area (Å²) < 4.78 is 0. The van der Waals surface area contributed by atoms with Crippen molar-refractivity contribution in [2.45, 2.75) is 20.4 Å². The Labute approximate surface area is 158 Å². The molecule has 6 heteroatoms. The monoisotopic (exact) mass is 361 g/mol. The van der Waals surface area contributed by atoms with Gasteiger partial charge in [0.15, 0.2) is 0 Å². The Balaban J connectivity index is 1.43.